The third-order valence-electron chi connectivity index (χ3n) is 2.39. The molecule has 0 radical (unpaired) electrons. The van der Waals surface area contributed by atoms with Gasteiger partial charge in [0.05, 0.1) is 15.8 Å². The highest BCUT2D eigenvalue weighted by atomic mass is 16.6. The number of nitrogens with one attached hydrogen (secondary N) is 2. The second-order valence-electron chi connectivity index (χ2n) is 4.19. The minimum Gasteiger partial charge on any atom is -0.363 e. The summed E-state index contributed by atoms with van der Waals surface area (Å²) in [6.07, 6.45) is 0. The molecule has 1 aromatic carbocycles. The molecule has 2 rings (SSSR count). The second-order valence-corrected chi connectivity index (χ2v) is 4.19. The second kappa shape index (κ2) is 4.44. The van der Waals surface area contributed by atoms with Crippen molar-refractivity contribution in [1.29, 1.82) is 0 Å². The molecule has 18 heavy (non-hydrogen) atoms. The largest absolute Gasteiger partial charge is 0.363 e. The molecule has 7 nitrogen and oxygen atoms in total. The Hall–Kier alpha value is -2.44. The van der Waals surface area contributed by atoms with Crippen LogP contribution in [0.5, 0.6) is 0 Å². The van der Waals surface area contributed by atoms with E-state index >= 15 is 0 Å². The van der Waals surface area contributed by atoms with Gasteiger partial charge in [0.1, 0.15) is 0 Å². The standard InChI is InChI=1S/C11H12N4O3/c1-6(2)12-11-10(16)8-5-7(15(17)18)3-4-9(8)13-14-11/h3-6H,1-2H3,(H,12,14)(H,13,16). The van der Waals surface area contributed by atoms with E-state index in [1.165, 1.54) is 18.2 Å². The summed E-state index contributed by atoms with van der Waals surface area (Å²) in [5, 5.41) is 20.4. The van der Waals surface area contributed by atoms with Crippen LogP contribution in [0.4, 0.5) is 11.5 Å². The van der Waals surface area contributed by atoms with Gasteiger partial charge in [-0.3, -0.25) is 20.0 Å². The van der Waals surface area contributed by atoms with Crippen LogP contribution < -0.4 is 10.7 Å². The Morgan fingerprint density at radius 1 is 1.44 bits per heavy atom. The first-order valence-corrected chi connectivity index (χ1v) is 5.42. The third-order valence-corrected chi connectivity index (χ3v) is 2.39. The molecule has 1 heterocycles. The number of anilines is 1. The first kappa shape index (κ1) is 12.0. The first-order valence-electron chi connectivity index (χ1n) is 5.42. The maximum Gasteiger partial charge on any atom is 0.270 e. The van der Waals surface area contributed by atoms with Crippen LogP contribution in [0.15, 0.2) is 23.0 Å². The highest BCUT2D eigenvalue weighted by molar-refractivity contribution is 5.82. The topological polar surface area (TPSA) is 101 Å². The van der Waals surface area contributed by atoms with Crippen molar-refractivity contribution in [1.82, 2.24) is 10.2 Å². The van der Waals surface area contributed by atoms with Crippen molar-refractivity contribution in [2.24, 2.45) is 0 Å². The fourth-order valence-corrected chi connectivity index (χ4v) is 1.60. The molecular formula is C11H12N4O3. The SMILES string of the molecule is CC(C)Nc1n[nH]c2ccc([N+](=O)[O-])cc2c1=O. The van der Waals surface area contributed by atoms with Crippen molar-refractivity contribution >= 4 is 22.4 Å². The number of nitrogens with zero attached hydrogens (tertiary/aromatic N) is 2. The van der Waals surface area contributed by atoms with Crippen molar-refractivity contribution < 1.29 is 4.92 Å². The lowest BCUT2D eigenvalue weighted by Gasteiger charge is -2.08. The van der Waals surface area contributed by atoms with Crippen molar-refractivity contribution in [3.63, 3.8) is 0 Å². The number of hydrogen-bond acceptors (Lipinski definition) is 5. The quantitative estimate of drug-likeness (QED) is 0.635. The number of nitro groups is 1. The van der Waals surface area contributed by atoms with E-state index in [0.29, 0.717) is 5.52 Å². The molecule has 2 N–H and O–H groups in total. The minimum atomic E-state index is -0.533. The monoisotopic (exact) mass is 248 g/mol. The van der Waals surface area contributed by atoms with Gasteiger partial charge in [0, 0.05) is 18.2 Å². The molecule has 0 fully saturated rings. The summed E-state index contributed by atoms with van der Waals surface area (Å²) in [7, 11) is 0. The highest BCUT2D eigenvalue weighted by Gasteiger charge is 2.12. The van der Waals surface area contributed by atoms with Gasteiger partial charge in [-0.25, -0.2) is 0 Å². The van der Waals surface area contributed by atoms with Gasteiger partial charge in [0.15, 0.2) is 5.82 Å². The molecule has 0 aliphatic heterocycles. The summed E-state index contributed by atoms with van der Waals surface area (Å²) in [6, 6.07) is 4.10. The lowest BCUT2D eigenvalue weighted by Crippen LogP contribution is -2.20. The van der Waals surface area contributed by atoms with Crippen LogP contribution in [0, 0.1) is 10.1 Å². The fourth-order valence-electron chi connectivity index (χ4n) is 1.60. The summed E-state index contributed by atoms with van der Waals surface area (Å²) in [6.45, 7) is 3.75. The summed E-state index contributed by atoms with van der Waals surface area (Å²) in [5.41, 5.74) is 0.00996. The molecule has 1 aromatic heterocycles. The molecule has 7 heteroatoms. The lowest BCUT2D eigenvalue weighted by molar-refractivity contribution is -0.384. The molecule has 0 spiro atoms. The molecule has 94 valence electrons. The number of aromatic nitrogens is 2. The van der Waals surface area contributed by atoms with Gasteiger partial charge in [0.2, 0.25) is 5.43 Å². The van der Waals surface area contributed by atoms with Crippen LogP contribution in [0.25, 0.3) is 10.9 Å². The number of benzene rings is 1. The van der Waals surface area contributed by atoms with Gasteiger partial charge >= 0.3 is 0 Å². The van der Waals surface area contributed by atoms with Crippen LogP contribution in [-0.2, 0) is 0 Å². The van der Waals surface area contributed by atoms with Crippen LogP contribution >= 0.6 is 0 Å². The van der Waals surface area contributed by atoms with Gasteiger partial charge in [0.25, 0.3) is 5.69 Å². The van der Waals surface area contributed by atoms with E-state index < -0.39 is 4.92 Å². The van der Waals surface area contributed by atoms with E-state index in [0.717, 1.165) is 0 Å². The molecule has 0 aliphatic rings. The highest BCUT2D eigenvalue weighted by Crippen LogP contribution is 2.17. The van der Waals surface area contributed by atoms with Gasteiger partial charge in [-0.2, -0.15) is 5.10 Å². The zero-order valence-corrected chi connectivity index (χ0v) is 9.93. The smallest absolute Gasteiger partial charge is 0.270 e. The Kier molecular flexibility index (Phi) is 2.97. The van der Waals surface area contributed by atoms with Gasteiger partial charge in [-0.15, -0.1) is 0 Å². The Bertz CT molecular complexity index is 663. The molecular weight excluding hydrogens is 236 g/mol. The maximum absolute atomic E-state index is 12.1. The van der Waals surface area contributed by atoms with E-state index in [-0.39, 0.29) is 28.4 Å². The predicted octanol–water partition coefficient (Wildman–Crippen LogP) is 1.65. The van der Waals surface area contributed by atoms with Gasteiger partial charge in [-0.05, 0) is 19.9 Å². The van der Waals surface area contributed by atoms with E-state index in [2.05, 4.69) is 15.5 Å². The normalized spacial score (nSPS) is 10.8. The molecule has 0 amide bonds. The predicted molar refractivity (Wildman–Crippen MR) is 67.8 cm³/mol. The summed E-state index contributed by atoms with van der Waals surface area (Å²) in [5.74, 6) is 0.165. The Morgan fingerprint density at radius 2 is 2.17 bits per heavy atom. The molecule has 0 bridgehead atoms. The molecule has 0 aliphatic carbocycles. The van der Waals surface area contributed by atoms with Crippen LogP contribution in [-0.4, -0.2) is 21.2 Å². The number of rotatable bonds is 3. The van der Waals surface area contributed by atoms with E-state index in [1.54, 1.807) is 0 Å². The minimum absolute atomic E-state index is 0.0507. The van der Waals surface area contributed by atoms with Crippen LogP contribution in [0.2, 0.25) is 0 Å². The number of nitro benzene ring substituents is 1. The number of fused-ring (bicyclic) bond motifs is 1. The molecule has 0 saturated heterocycles. The molecule has 0 atom stereocenters. The average molecular weight is 248 g/mol. The number of aromatic amines is 1. The average Bonchev–Trinajstić information content (AvgIpc) is 2.32. The fraction of sp³-hybridized carbons (Fsp3) is 0.273. The third kappa shape index (κ3) is 2.15. The zero-order valence-electron chi connectivity index (χ0n) is 9.93. The first-order chi connectivity index (χ1) is 8.49. The van der Waals surface area contributed by atoms with Crippen LogP contribution in [0.1, 0.15) is 13.8 Å². The van der Waals surface area contributed by atoms with E-state index in [9.17, 15) is 14.9 Å². The van der Waals surface area contributed by atoms with Gasteiger partial charge in [-0.1, -0.05) is 0 Å². The van der Waals surface area contributed by atoms with Crippen molar-refractivity contribution in [3.05, 3.63) is 38.5 Å². The molecule has 0 saturated carbocycles. The molecule has 0 unspecified atom stereocenters. The van der Waals surface area contributed by atoms with Crippen molar-refractivity contribution in [3.8, 4) is 0 Å². The Balaban J connectivity index is 2.64. The number of hydrogen-bond donors (Lipinski definition) is 2. The number of H-pyrrole nitrogens is 1. The van der Waals surface area contributed by atoms with E-state index in [1.807, 2.05) is 13.8 Å². The lowest BCUT2D eigenvalue weighted by atomic mass is 10.2. The van der Waals surface area contributed by atoms with E-state index in [4.69, 9.17) is 0 Å². The van der Waals surface area contributed by atoms with Crippen molar-refractivity contribution in [2.45, 2.75) is 19.9 Å². The number of non-ortho nitro benzene ring substituents is 1. The summed E-state index contributed by atoms with van der Waals surface area (Å²) < 4.78 is 0. The van der Waals surface area contributed by atoms with Crippen LogP contribution in [0.3, 0.4) is 0 Å². The van der Waals surface area contributed by atoms with Gasteiger partial charge < -0.3 is 5.32 Å². The van der Waals surface area contributed by atoms with Crippen molar-refractivity contribution in [2.75, 3.05) is 5.32 Å². The summed E-state index contributed by atoms with van der Waals surface area (Å²) in [4.78, 5) is 22.2. The summed E-state index contributed by atoms with van der Waals surface area (Å²) >= 11 is 0. The Labute approximate surface area is 102 Å². The maximum atomic E-state index is 12.1. The Morgan fingerprint density at radius 3 is 2.78 bits per heavy atom. The molecule has 2 aromatic rings. The zero-order chi connectivity index (χ0) is 13.3.